The van der Waals surface area contributed by atoms with Crippen LogP contribution in [0.4, 0.5) is 5.82 Å². The molecule has 1 aromatic carbocycles. The first-order valence-electron chi connectivity index (χ1n) is 6.27. The Morgan fingerprint density at radius 3 is 2.59 bits per heavy atom. The Hall–Kier alpha value is -1.57. The molecule has 2 heteroatoms. The number of anilines is 1. The van der Waals surface area contributed by atoms with Gasteiger partial charge in [-0.05, 0) is 41.7 Å². The van der Waals surface area contributed by atoms with E-state index < -0.39 is 0 Å². The average Bonchev–Trinajstić information content (AvgIpc) is 2.36. The van der Waals surface area contributed by atoms with Crippen LogP contribution < -0.4 is 5.32 Å². The molecule has 0 bridgehead atoms. The minimum atomic E-state index is 0.486. The van der Waals surface area contributed by atoms with Crippen molar-refractivity contribution in [2.75, 3.05) is 12.4 Å². The van der Waals surface area contributed by atoms with E-state index in [0.717, 1.165) is 17.8 Å². The second-order valence-electron chi connectivity index (χ2n) is 4.71. The van der Waals surface area contributed by atoms with E-state index in [1.54, 1.807) is 0 Å². The maximum atomic E-state index is 4.68. The summed E-state index contributed by atoms with van der Waals surface area (Å²) < 4.78 is 0. The molecule has 0 saturated heterocycles. The van der Waals surface area contributed by atoms with Crippen molar-refractivity contribution in [1.82, 2.24) is 4.98 Å². The van der Waals surface area contributed by atoms with Crippen LogP contribution in [0.1, 0.15) is 37.8 Å². The highest BCUT2D eigenvalue weighted by Crippen LogP contribution is 2.27. The molecule has 17 heavy (non-hydrogen) atoms. The summed E-state index contributed by atoms with van der Waals surface area (Å²) in [5.41, 5.74) is 3.72. The number of rotatable bonds is 3. The van der Waals surface area contributed by atoms with Gasteiger partial charge in [0.25, 0.3) is 0 Å². The van der Waals surface area contributed by atoms with E-state index in [9.17, 15) is 0 Å². The zero-order valence-corrected chi connectivity index (χ0v) is 11.0. The number of pyridine rings is 1. The number of aromatic nitrogens is 1. The molecular weight excluding hydrogens is 208 g/mol. The van der Waals surface area contributed by atoms with Gasteiger partial charge in [0.1, 0.15) is 5.82 Å². The summed E-state index contributed by atoms with van der Waals surface area (Å²) in [5.74, 6) is 1.48. The van der Waals surface area contributed by atoms with Crippen molar-refractivity contribution >= 4 is 16.7 Å². The van der Waals surface area contributed by atoms with Gasteiger partial charge in [-0.25, -0.2) is 4.98 Å². The lowest BCUT2D eigenvalue weighted by atomic mass is 10.0. The molecule has 1 heterocycles. The van der Waals surface area contributed by atoms with Gasteiger partial charge in [-0.3, -0.25) is 0 Å². The molecule has 0 fully saturated rings. The van der Waals surface area contributed by atoms with Gasteiger partial charge in [-0.2, -0.15) is 0 Å². The minimum Gasteiger partial charge on any atom is -0.373 e. The summed E-state index contributed by atoms with van der Waals surface area (Å²) in [6, 6.07) is 8.77. The SMILES string of the molecule is CCc1ccc2nc(NC)c(C(C)C)cc2c1. The molecule has 2 aromatic rings. The predicted molar refractivity (Wildman–Crippen MR) is 74.8 cm³/mol. The fourth-order valence-corrected chi connectivity index (χ4v) is 2.10. The molecule has 2 rings (SSSR count). The van der Waals surface area contributed by atoms with Gasteiger partial charge < -0.3 is 5.32 Å². The van der Waals surface area contributed by atoms with Crippen molar-refractivity contribution < 1.29 is 0 Å². The van der Waals surface area contributed by atoms with E-state index in [-0.39, 0.29) is 0 Å². The van der Waals surface area contributed by atoms with Crippen molar-refractivity contribution in [2.45, 2.75) is 33.1 Å². The lowest BCUT2D eigenvalue weighted by molar-refractivity contribution is 0.864. The van der Waals surface area contributed by atoms with Crippen molar-refractivity contribution in [3.63, 3.8) is 0 Å². The summed E-state index contributed by atoms with van der Waals surface area (Å²) >= 11 is 0. The smallest absolute Gasteiger partial charge is 0.129 e. The van der Waals surface area contributed by atoms with Gasteiger partial charge in [0.15, 0.2) is 0 Å². The molecule has 0 saturated carbocycles. The van der Waals surface area contributed by atoms with E-state index in [2.05, 4.69) is 55.3 Å². The lowest BCUT2D eigenvalue weighted by Gasteiger charge is -2.13. The quantitative estimate of drug-likeness (QED) is 0.860. The van der Waals surface area contributed by atoms with E-state index in [4.69, 9.17) is 0 Å². The Labute approximate surface area is 103 Å². The normalized spacial score (nSPS) is 11.1. The molecule has 0 radical (unpaired) electrons. The Morgan fingerprint density at radius 1 is 1.24 bits per heavy atom. The summed E-state index contributed by atoms with van der Waals surface area (Å²) in [6.45, 7) is 6.58. The monoisotopic (exact) mass is 228 g/mol. The molecule has 0 unspecified atom stereocenters. The lowest BCUT2D eigenvalue weighted by Crippen LogP contribution is -2.01. The Bertz CT molecular complexity index is 530. The molecule has 0 aliphatic rings. The summed E-state index contributed by atoms with van der Waals surface area (Å²) in [5, 5.41) is 4.43. The van der Waals surface area contributed by atoms with Gasteiger partial charge >= 0.3 is 0 Å². The third-order valence-electron chi connectivity index (χ3n) is 3.18. The number of benzene rings is 1. The fraction of sp³-hybridized carbons (Fsp3) is 0.400. The highest BCUT2D eigenvalue weighted by molar-refractivity contribution is 5.82. The standard InChI is InChI=1S/C15H20N2/c1-5-11-6-7-14-12(8-11)9-13(10(2)3)15(16-4)17-14/h6-10H,5H2,1-4H3,(H,16,17). The van der Waals surface area contributed by atoms with Crippen LogP contribution in [0.5, 0.6) is 0 Å². The molecule has 2 nitrogen and oxygen atoms in total. The fourth-order valence-electron chi connectivity index (χ4n) is 2.10. The van der Waals surface area contributed by atoms with Crippen LogP contribution in [0, 0.1) is 0 Å². The van der Waals surface area contributed by atoms with Gasteiger partial charge in [-0.1, -0.05) is 26.8 Å². The molecule has 0 spiro atoms. The third kappa shape index (κ3) is 2.26. The van der Waals surface area contributed by atoms with E-state index in [1.807, 2.05) is 7.05 Å². The molecule has 0 atom stereocenters. The first-order valence-corrected chi connectivity index (χ1v) is 6.27. The first-order chi connectivity index (χ1) is 8.15. The largest absolute Gasteiger partial charge is 0.373 e. The number of fused-ring (bicyclic) bond motifs is 1. The van der Waals surface area contributed by atoms with Crippen LogP contribution in [0.2, 0.25) is 0 Å². The summed E-state index contributed by atoms with van der Waals surface area (Å²) in [7, 11) is 1.93. The highest BCUT2D eigenvalue weighted by Gasteiger charge is 2.09. The van der Waals surface area contributed by atoms with E-state index in [0.29, 0.717) is 5.92 Å². The van der Waals surface area contributed by atoms with Crippen LogP contribution in [0.15, 0.2) is 24.3 Å². The van der Waals surface area contributed by atoms with Gasteiger partial charge in [0, 0.05) is 12.4 Å². The van der Waals surface area contributed by atoms with Crippen molar-refractivity contribution in [3.05, 3.63) is 35.4 Å². The van der Waals surface area contributed by atoms with Crippen LogP contribution in [0.3, 0.4) is 0 Å². The molecule has 0 amide bonds. The molecule has 90 valence electrons. The average molecular weight is 228 g/mol. The van der Waals surface area contributed by atoms with Crippen LogP contribution >= 0.6 is 0 Å². The number of nitrogens with one attached hydrogen (secondary N) is 1. The van der Waals surface area contributed by atoms with E-state index >= 15 is 0 Å². The maximum Gasteiger partial charge on any atom is 0.129 e. The van der Waals surface area contributed by atoms with Gasteiger partial charge in [0.05, 0.1) is 5.52 Å². The molecule has 0 aliphatic heterocycles. The molecule has 0 aliphatic carbocycles. The summed E-state index contributed by atoms with van der Waals surface area (Å²) in [4.78, 5) is 4.68. The molecular formula is C15H20N2. The topological polar surface area (TPSA) is 24.9 Å². The number of aryl methyl sites for hydroxylation is 1. The predicted octanol–water partition coefficient (Wildman–Crippen LogP) is 3.96. The Kier molecular flexibility index (Phi) is 3.32. The van der Waals surface area contributed by atoms with Gasteiger partial charge in [-0.15, -0.1) is 0 Å². The second kappa shape index (κ2) is 4.74. The third-order valence-corrected chi connectivity index (χ3v) is 3.18. The van der Waals surface area contributed by atoms with Crippen LogP contribution in [-0.2, 0) is 6.42 Å². The number of hydrogen-bond donors (Lipinski definition) is 1. The maximum absolute atomic E-state index is 4.68. The molecule has 1 aromatic heterocycles. The number of nitrogens with zero attached hydrogens (tertiary/aromatic N) is 1. The van der Waals surface area contributed by atoms with Crippen molar-refractivity contribution in [1.29, 1.82) is 0 Å². The highest BCUT2D eigenvalue weighted by atomic mass is 15.0. The van der Waals surface area contributed by atoms with Crippen molar-refractivity contribution in [3.8, 4) is 0 Å². The van der Waals surface area contributed by atoms with Crippen molar-refractivity contribution in [2.24, 2.45) is 0 Å². The zero-order valence-electron chi connectivity index (χ0n) is 11.0. The van der Waals surface area contributed by atoms with E-state index in [1.165, 1.54) is 16.5 Å². The Balaban J connectivity index is 2.65. The van der Waals surface area contributed by atoms with Crippen LogP contribution in [0.25, 0.3) is 10.9 Å². The Morgan fingerprint density at radius 2 is 2.00 bits per heavy atom. The first kappa shape index (κ1) is 11.9. The second-order valence-corrected chi connectivity index (χ2v) is 4.71. The number of hydrogen-bond acceptors (Lipinski definition) is 2. The summed E-state index contributed by atoms with van der Waals surface area (Å²) in [6.07, 6.45) is 1.07. The molecule has 1 N–H and O–H groups in total. The van der Waals surface area contributed by atoms with Crippen LogP contribution in [-0.4, -0.2) is 12.0 Å². The van der Waals surface area contributed by atoms with Gasteiger partial charge in [0.2, 0.25) is 0 Å². The minimum absolute atomic E-state index is 0.486. The zero-order chi connectivity index (χ0) is 12.4.